The van der Waals surface area contributed by atoms with E-state index >= 15 is 0 Å². The maximum atomic E-state index is 12.4. The van der Waals surface area contributed by atoms with E-state index in [0.29, 0.717) is 16.1 Å². The zero-order valence-corrected chi connectivity index (χ0v) is 13.6. The van der Waals surface area contributed by atoms with Crippen LogP contribution in [-0.2, 0) is 12.8 Å². The van der Waals surface area contributed by atoms with Gasteiger partial charge in [0.2, 0.25) is 0 Å². The Hall–Kier alpha value is -2.97. The number of hydrogen-bond acceptors (Lipinski definition) is 4. The Morgan fingerprint density at radius 3 is 2.75 bits per heavy atom. The van der Waals surface area contributed by atoms with Gasteiger partial charge < -0.3 is 5.32 Å². The average molecular weight is 331 g/mol. The monoisotopic (exact) mass is 331 g/mol. The SMILES string of the molecule is N#Cc1c(NC(=O)c2ccncc2)sc2c1CCc1ccccc1-2. The number of carbonyl (C=O) groups is 1. The Labute approximate surface area is 143 Å². The van der Waals surface area contributed by atoms with E-state index < -0.39 is 0 Å². The summed E-state index contributed by atoms with van der Waals surface area (Å²) in [6.07, 6.45) is 4.91. The summed E-state index contributed by atoms with van der Waals surface area (Å²) in [7, 11) is 0. The van der Waals surface area contributed by atoms with Crippen molar-refractivity contribution >= 4 is 22.2 Å². The summed E-state index contributed by atoms with van der Waals surface area (Å²) < 4.78 is 0. The Kier molecular flexibility index (Phi) is 3.60. The fourth-order valence-corrected chi connectivity index (χ4v) is 4.28. The zero-order chi connectivity index (χ0) is 16.5. The summed E-state index contributed by atoms with van der Waals surface area (Å²) in [4.78, 5) is 17.4. The van der Waals surface area contributed by atoms with Gasteiger partial charge in [-0.1, -0.05) is 24.3 Å². The van der Waals surface area contributed by atoms with E-state index in [1.807, 2.05) is 12.1 Å². The van der Waals surface area contributed by atoms with Gasteiger partial charge in [0.15, 0.2) is 0 Å². The van der Waals surface area contributed by atoms with Crippen LogP contribution >= 0.6 is 11.3 Å². The number of fused-ring (bicyclic) bond motifs is 3. The number of nitrogens with one attached hydrogen (secondary N) is 1. The molecule has 0 saturated carbocycles. The predicted molar refractivity (Wildman–Crippen MR) is 94.1 cm³/mol. The highest BCUT2D eigenvalue weighted by Gasteiger charge is 2.25. The quantitative estimate of drug-likeness (QED) is 0.771. The molecule has 0 unspecified atom stereocenters. The van der Waals surface area contributed by atoms with Crippen molar-refractivity contribution in [2.75, 3.05) is 5.32 Å². The van der Waals surface area contributed by atoms with Crippen molar-refractivity contribution in [3.05, 3.63) is 71.0 Å². The second kappa shape index (κ2) is 5.91. The second-order valence-electron chi connectivity index (χ2n) is 5.57. The van der Waals surface area contributed by atoms with Gasteiger partial charge in [0.05, 0.1) is 5.56 Å². The lowest BCUT2D eigenvalue weighted by molar-refractivity contribution is 0.102. The van der Waals surface area contributed by atoms with Crippen molar-refractivity contribution in [1.29, 1.82) is 5.26 Å². The minimum absolute atomic E-state index is 0.221. The van der Waals surface area contributed by atoms with Crippen LogP contribution in [0.25, 0.3) is 10.4 Å². The molecule has 1 N–H and O–H groups in total. The number of amides is 1. The highest BCUT2D eigenvalue weighted by molar-refractivity contribution is 7.20. The van der Waals surface area contributed by atoms with Gasteiger partial charge in [0.25, 0.3) is 5.91 Å². The molecule has 0 radical (unpaired) electrons. The summed E-state index contributed by atoms with van der Waals surface area (Å²) in [6.45, 7) is 0. The van der Waals surface area contributed by atoms with Crippen LogP contribution in [0.3, 0.4) is 0 Å². The number of carbonyl (C=O) groups excluding carboxylic acids is 1. The largest absolute Gasteiger partial charge is 0.312 e. The average Bonchev–Trinajstić information content (AvgIpc) is 3.00. The van der Waals surface area contributed by atoms with Crippen molar-refractivity contribution in [1.82, 2.24) is 4.98 Å². The fraction of sp³-hybridized carbons (Fsp3) is 0.105. The predicted octanol–water partition coefficient (Wildman–Crippen LogP) is 4.03. The van der Waals surface area contributed by atoms with E-state index in [0.717, 1.165) is 23.3 Å². The van der Waals surface area contributed by atoms with Crippen LogP contribution < -0.4 is 5.32 Å². The number of nitriles is 1. The third-order valence-corrected chi connectivity index (χ3v) is 5.38. The molecule has 2 heterocycles. The summed E-state index contributed by atoms with van der Waals surface area (Å²) in [5.74, 6) is -0.221. The molecule has 4 nitrogen and oxygen atoms in total. The molecule has 1 aromatic carbocycles. The molecule has 0 atom stereocenters. The van der Waals surface area contributed by atoms with Crippen LogP contribution in [0, 0.1) is 11.3 Å². The molecule has 0 bridgehead atoms. The minimum Gasteiger partial charge on any atom is -0.312 e. The molecule has 0 fully saturated rings. The standard InChI is InChI=1S/C19H13N3OS/c20-11-16-15-6-5-12-3-1-2-4-14(12)17(15)24-19(16)22-18(23)13-7-9-21-10-8-13/h1-4,7-10H,5-6H2,(H,22,23). The first-order valence-corrected chi connectivity index (χ1v) is 8.45. The maximum Gasteiger partial charge on any atom is 0.256 e. The summed E-state index contributed by atoms with van der Waals surface area (Å²) in [5, 5.41) is 13.1. The molecule has 0 aliphatic heterocycles. The lowest BCUT2D eigenvalue weighted by Gasteiger charge is -2.15. The molecule has 0 spiro atoms. The topological polar surface area (TPSA) is 65.8 Å². The van der Waals surface area contributed by atoms with Crippen LogP contribution in [0.5, 0.6) is 0 Å². The van der Waals surface area contributed by atoms with Crippen LogP contribution in [0.2, 0.25) is 0 Å². The van der Waals surface area contributed by atoms with Gasteiger partial charge >= 0.3 is 0 Å². The molecule has 24 heavy (non-hydrogen) atoms. The van der Waals surface area contributed by atoms with Crippen molar-refractivity contribution < 1.29 is 4.79 Å². The van der Waals surface area contributed by atoms with Crippen molar-refractivity contribution in [2.45, 2.75) is 12.8 Å². The first kappa shape index (κ1) is 14.6. The van der Waals surface area contributed by atoms with Gasteiger partial charge in [-0.3, -0.25) is 9.78 Å². The van der Waals surface area contributed by atoms with Crippen molar-refractivity contribution in [3.63, 3.8) is 0 Å². The van der Waals surface area contributed by atoms with Gasteiger partial charge in [0, 0.05) is 22.8 Å². The Morgan fingerprint density at radius 2 is 1.96 bits per heavy atom. The van der Waals surface area contributed by atoms with Gasteiger partial charge in [-0.2, -0.15) is 5.26 Å². The number of thiophene rings is 1. The number of rotatable bonds is 2. The third-order valence-electron chi connectivity index (χ3n) is 4.19. The highest BCUT2D eigenvalue weighted by Crippen LogP contribution is 2.44. The van der Waals surface area contributed by atoms with Gasteiger partial charge in [-0.05, 0) is 41.7 Å². The highest BCUT2D eigenvalue weighted by atomic mass is 32.1. The van der Waals surface area contributed by atoms with Crippen LogP contribution in [-0.4, -0.2) is 10.9 Å². The zero-order valence-electron chi connectivity index (χ0n) is 12.7. The van der Waals surface area contributed by atoms with E-state index in [1.54, 1.807) is 24.5 Å². The fourth-order valence-electron chi connectivity index (χ4n) is 3.03. The van der Waals surface area contributed by atoms with Crippen molar-refractivity contribution in [3.8, 4) is 16.5 Å². The first-order chi connectivity index (χ1) is 11.8. The number of aryl methyl sites for hydroxylation is 1. The van der Waals surface area contributed by atoms with Crippen LogP contribution in [0.1, 0.15) is 27.0 Å². The smallest absolute Gasteiger partial charge is 0.256 e. The molecule has 1 aliphatic rings. The Bertz CT molecular complexity index is 970. The van der Waals surface area contributed by atoms with E-state index in [2.05, 4.69) is 28.5 Å². The summed E-state index contributed by atoms with van der Waals surface area (Å²) in [6, 6.07) is 13.8. The van der Waals surface area contributed by atoms with Crippen LogP contribution in [0.4, 0.5) is 5.00 Å². The number of pyridine rings is 1. The Balaban J connectivity index is 1.75. The lowest BCUT2D eigenvalue weighted by atomic mass is 9.90. The Morgan fingerprint density at radius 1 is 1.17 bits per heavy atom. The molecule has 2 aromatic heterocycles. The van der Waals surface area contributed by atoms with Gasteiger partial charge in [-0.15, -0.1) is 11.3 Å². The molecular weight excluding hydrogens is 318 g/mol. The lowest BCUT2D eigenvalue weighted by Crippen LogP contribution is -2.11. The third kappa shape index (κ3) is 2.38. The number of nitrogens with zero attached hydrogens (tertiary/aromatic N) is 2. The van der Waals surface area contributed by atoms with E-state index in [-0.39, 0.29) is 5.91 Å². The number of aromatic nitrogens is 1. The molecule has 3 aromatic rings. The van der Waals surface area contributed by atoms with E-state index in [9.17, 15) is 10.1 Å². The summed E-state index contributed by atoms with van der Waals surface area (Å²) >= 11 is 1.48. The van der Waals surface area contributed by atoms with E-state index in [4.69, 9.17) is 0 Å². The summed E-state index contributed by atoms with van der Waals surface area (Å²) in [5.41, 5.74) is 4.63. The number of hydrogen-bond donors (Lipinski definition) is 1. The molecule has 0 saturated heterocycles. The normalized spacial score (nSPS) is 12.0. The molecule has 116 valence electrons. The van der Waals surface area contributed by atoms with E-state index in [1.165, 1.54) is 22.5 Å². The molecule has 4 rings (SSSR count). The minimum atomic E-state index is -0.221. The molecule has 1 amide bonds. The number of benzene rings is 1. The second-order valence-corrected chi connectivity index (χ2v) is 6.59. The van der Waals surface area contributed by atoms with Crippen molar-refractivity contribution in [2.24, 2.45) is 0 Å². The van der Waals surface area contributed by atoms with Gasteiger partial charge in [0.1, 0.15) is 11.1 Å². The first-order valence-electron chi connectivity index (χ1n) is 7.63. The maximum absolute atomic E-state index is 12.4. The van der Waals surface area contributed by atoms with Gasteiger partial charge in [-0.25, -0.2) is 0 Å². The number of anilines is 1. The molecular formula is C19H13N3OS. The molecule has 1 aliphatic carbocycles. The van der Waals surface area contributed by atoms with Crippen LogP contribution in [0.15, 0.2) is 48.8 Å². The molecule has 5 heteroatoms.